The average molecular weight is 431 g/mol. The Balaban J connectivity index is 1.42. The van der Waals surface area contributed by atoms with Crippen LogP contribution in [0, 0.1) is 5.82 Å². The van der Waals surface area contributed by atoms with Gasteiger partial charge in [0.2, 0.25) is 0 Å². The van der Waals surface area contributed by atoms with Crippen LogP contribution in [0.3, 0.4) is 0 Å². The number of hydrogen-bond acceptors (Lipinski definition) is 5. The number of likely N-dealkylation sites (N-methyl/N-ethyl adjacent to an activating group) is 1. The largest absolute Gasteiger partial charge is 0.354 e. The highest BCUT2D eigenvalue weighted by Crippen LogP contribution is 2.31. The fourth-order valence-electron chi connectivity index (χ4n) is 4.28. The van der Waals surface area contributed by atoms with Crippen molar-refractivity contribution in [2.75, 3.05) is 38.1 Å². The van der Waals surface area contributed by atoms with Crippen LogP contribution < -0.4 is 10.6 Å². The molecule has 6 nitrogen and oxygen atoms in total. The van der Waals surface area contributed by atoms with Crippen LogP contribution in [0.15, 0.2) is 60.8 Å². The van der Waals surface area contributed by atoms with E-state index in [1.807, 2.05) is 24.4 Å². The number of anilines is 1. The first-order chi connectivity index (χ1) is 15.6. The Morgan fingerprint density at radius 2 is 1.91 bits per heavy atom. The molecule has 2 aromatic carbocycles. The van der Waals surface area contributed by atoms with Crippen molar-refractivity contribution < 1.29 is 4.39 Å². The van der Waals surface area contributed by atoms with Gasteiger partial charge in [-0.05, 0) is 61.0 Å². The molecule has 164 valence electrons. The Labute approximate surface area is 186 Å². The molecule has 0 amide bonds. The van der Waals surface area contributed by atoms with E-state index in [9.17, 15) is 4.39 Å². The maximum atomic E-state index is 13.5. The van der Waals surface area contributed by atoms with Crippen LogP contribution >= 0.6 is 0 Å². The van der Waals surface area contributed by atoms with Gasteiger partial charge in [-0.1, -0.05) is 18.2 Å². The molecule has 0 saturated carbocycles. The lowest BCUT2D eigenvalue weighted by Crippen LogP contribution is -2.45. The van der Waals surface area contributed by atoms with Crippen LogP contribution in [-0.4, -0.2) is 53.1 Å². The second-order valence-electron chi connectivity index (χ2n) is 8.46. The molecule has 1 aliphatic heterocycles. The molecule has 1 fully saturated rings. The first-order valence-electron chi connectivity index (χ1n) is 11.0. The molecule has 32 heavy (non-hydrogen) atoms. The van der Waals surface area contributed by atoms with Crippen LogP contribution in [0.4, 0.5) is 10.2 Å². The summed E-state index contributed by atoms with van der Waals surface area (Å²) >= 11 is 0. The molecule has 1 atom stereocenters. The predicted octanol–water partition coefficient (Wildman–Crippen LogP) is 3.76. The van der Waals surface area contributed by atoms with Gasteiger partial charge in [-0.15, -0.1) is 0 Å². The van der Waals surface area contributed by atoms with Crippen LogP contribution in [0.2, 0.25) is 0 Å². The lowest BCUT2D eigenvalue weighted by Gasteiger charge is -2.34. The van der Waals surface area contributed by atoms with Crippen molar-refractivity contribution in [3.63, 3.8) is 0 Å². The molecule has 1 unspecified atom stereocenters. The number of pyridine rings is 1. The molecular weight excluding hydrogens is 403 g/mol. The zero-order valence-electron chi connectivity index (χ0n) is 18.1. The summed E-state index contributed by atoms with van der Waals surface area (Å²) in [6, 6.07) is 16.5. The number of imidazole rings is 1. The number of nitrogens with two attached hydrogens (primary N) is 1. The standard InChI is InChI=1S/C25H27FN6/c1-31-10-12-32(13-11-31)25-20(6-3-9-28-25)18-7-8-22-23(16-18)30-24(29-22)21(27)15-17-4-2-5-19(26)14-17/h2-9,14,16,21H,10-13,15,27H2,1H3,(H,29,30). The first-order valence-corrected chi connectivity index (χ1v) is 11.0. The fraction of sp³-hybridized carbons (Fsp3) is 0.280. The number of hydrogen-bond donors (Lipinski definition) is 2. The van der Waals surface area contributed by atoms with Crippen LogP contribution in [-0.2, 0) is 6.42 Å². The number of rotatable bonds is 5. The number of aromatic nitrogens is 3. The number of nitrogens with zero attached hydrogens (tertiary/aromatic N) is 4. The fourth-order valence-corrected chi connectivity index (χ4v) is 4.28. The molecule has 0 bridgehead atoms. The summed E-state index contributed by atoms with van der Waals surface area (Å²) in [6.45, 7) is 3.99. The molecule has 7 heteroatoms. The number of nitrogens with one attached hydrogen (secondary N) is 1. The van der Waals surface area contributed by atoms with E-state index in [0.717, 1.165) is 59.7 Å². The molecule has 1 saturated heterocycles. The topological polar surface area (TPSA) is 74.1 Å². The van der Waals surface area contributed by atoms with Crippen LogP contribution in [0.5, 0.6) is 0 Å². The molecule has 0 radical (unpaired) electrons. The molecule has 3 heterocycles. The van der Waals surface area contributed by atoms with Crippen molar-refractivity contribution in [3.05, 3.63) is 78.0 Å². The van der Waals surface area contributed by atoms with Gasteiger partial charge in [-0.25, -0.2) is 14.4 Å². The molecule has 0 aliphatic carbocycles. The van der Waals surface area contributed by atoms with E-state index in [4.69, 9.17) is 10.7 Å². The van der Waals surface area contributed by atoms with Crippen molar-refractivity contribution in [2.45, 2.75) is 12.5 Å². The third kappa shape index (κ3) is 4.22. The average Bonchev–Trinajstić information content (AvgIpc) is 3.23. The molecular formula is C25H27FN6. The van der Waals surface area contributed by atoms with Gasteiger partial charge in [0.15, 0.2) is 0 Å². The summed E-state index contributed by atoms with van der Waals surface area (Å²) in [5.41, 5.74) is 11.2. The van der Waals surface area contributed by atoms with E-state index in [-0.39, 0.29) is 11.9 Å². The summed E-state index contributed by atoms with van der Waals surface area (Å²) < 4.78 is 13.5. The quantitative estimate of drug-likeness (QED) is 0.504. The second-order valence-corrected chi connectivity index (χ2v) is 8.46. The SMILES string of the molecule is CN1CCN(c2ncccc2-c2ccc3nc(C(N)Cc4cccc(F)c4)[nH]c3c2)CC1. The van der Waals surface area contributed by atoms with Crippen molar-refractivity contribution in [1.82, 2.24) is 19.9 Å². The highest BCUT2D eigenvalue weighted by molar-refractivity contribution is 5.85. The van der Waals surface area contributed by atoms with Crippen molar-refractivity contribution in [3.8, 4) is 11.1 Å². The third-order valence-electron chi connectivity index (χ3n) is 6.10. The number of benzene rings is 2. The van der Waals surface area contributed by atoms with Crippen LogP contribution in [0.25, 0.3) is 22.2 Å². The molecule has 0 spiro atoms. The van der Waals surface area contributed by atoms with Gasteiger partial charge in [0, 0.05) is 37.9 Å². The summed E-state index contributed by atoms with van der Waals surface area (Å²) in [7, 11) is 2.15. The van der Waals surface area contributed by atoms with Crippen LogP contribution in [0.1, 0.15) is 17.4 Å². The number of aromatic amines is 1. The molecule has 5 rings (SSSR count). The maximum Gasteiger partial charge on any atom is 0.136 e. The van der Waals surface area contributed by atoms with Gasteiger partial charge < -0.3 is 20.5 Å². The van der Waals surface area contributed by atoms with Gasteiger partial charge in [-0.2, -0.15) is 0 Å². The van der Waals surface area contributed by atoms with Gasteiger partial charge in [0.05, 0.1) is 17.1 Å². The number of piperazine rings is 1. The van der Waals surface area contributed by atoms with Crippen molar-refractivity contribution in [2.24, 2.45) is 5.73 Å². The van der Waals surface area contributed by atoms with Gasteiger partial charge in [-0.3, -0.25) is 0 Å². The minimum atomic E-state index is -0.341. The van der Waals surface area contributed by atoms with Crippen molar-refractivity contribution in [1.29, 1.82) is 0 Å². The molecule has 1 aliphatic rings. The Hall–Kier alpha value is -3.29. The minimum absolute atomic E-state index is 0.253. The number of H-pyrrole nitrogens is 1. The van der Waals surface area contributed by atoms with E-state index >= 15 is 0 Å². The maximum absolute atomic E-state index is 13.5. The highest BCUT2D eigenvalue weighted by Gasteiger charge is 2.19. The van der Waals surface area contributed by atoms with Gasteiger partial charge in [0.25, 0.3) is 0 Å². The van der Waals surface area contributed by atoms with E-state index in [1.165, 1.54) is 12.1 Å². The Bertz CT molecular complexity index is 1230. The monoisotopic (exact) mass is 430 g/mol. The number of halogens is 1. The van der Waals surface area contributed by atoms with E-state index < -0.39 is 0 Å². The summed E-state index contributed by atoms with van der Waals surface area (Å²) in [4.78, 5) is 17.4. The Morgan fingerprint density at radius 1 is 1.06 bits per heavy atom. The predicted molar refractivity (Wildman–Crippen MR) is 126 cm³/mol. The van der Waals surface area contributed by atoms with E-state index in [1.54, 1.807) is 6.07 Å². The third-order valence-corrected chi connectivity index (χ3v) is 6.10. The molecule has 3 N–H and O–H groups in total. The van der Waals surface area contributed by atoms with E-state index in [2.05, 4.69) is 45.0 Å². The highest BCUT2D eigenvalue weighted by atomic mass is 19.1. The first kappa shape index (κ1) is 20.6. The van der Waals surface area contributed by atoms with Gasteiger partial charge in [0.1, 0.15) is 17.5 Å². The Kier molecular flexibility index (Phi) is 5.59. The second kappa shape index (κ2) is 8.68. The normalized spacial score (nSPS) is 15.9. The van der Waals surface area contributed by atoms with E-state index in [0.29, 0.717) is 12.2 Å². The molecule has 4 aromatic rings. The minimum Gasteiger partial charge on any atom is -0.354 e. The number of fused-ring (bicyclic) bond motifs is 1. The zero-order valence-corrected chi connectivity index (χ0v) is 18.1. The summed E-state index contributed by atoms with van der Waals surface area (Å²) in [6.07, 6.45) is 2.37. The summed E-state index contributed by atoms with van der Waals surface area (Å²) in [5.74, 6) is 1.46. The lowest BCUT2D eigenvalue weighted by molar-refractivity contribution is 0.312. The summed E-state index contributed by atoms with van der Waals surface area (Å²) in [5, 5.41) is 0. The zero-order chi connectivity index (χ0) is 22.1. The smallest absolute Gasteiger partial charge is 0.136 e. The van der Waals surface area contributed by atoms with Crippen molar-refractivity contribution >= 4 is 16.9 Å². The molecule has 2 aromatic heterocycles. The lowest BCUT2D eigenvalue weighted by atomic mass is 10.0. The Morgan fingerprint density at radius 3 is 2.72 bits per heavy atom. The van der Waals surface area contributed by atoms with Gasteiger partial charge >= 0.3 is 0 Å².